The normalized spacial score (nSPS) is 26.5. The summed E-state index contributed by atoms with van der Waals surface area (Å²) in [5.41, 5.74) is 6.87. The Bertz CT molecular complexity index is 482. The largest absolute Gasteiger partial charge is 0.396 e. The quantitative estimate of drug-likeness (QED) is 0.885. The SMILES string of the molecule is CCn1cc(N)c(C(=O)N2CCC3CCCCC32)n1. The van der Waals surface area contributed by atoms with Gasteiger partial charge in [0.2, 0.25) is 0 Å². The molecule has 1 amide bonds. The summed E-state index contributed by atoms with van der Waals surface area (Å²) in [6, 6.07) is 0.424. The van der Waals surface area contributed by atoms with Gasteiger partial charge >= 0.3 is 0 Å². The van der Waals surface area contributed by atoms with Gasteiger partial charge in [-0.25, -0.2) is 0 Å². The molecule has 5 nitrogen and oxygen atoms in total. The lowest BCUT2D eigenvalue weighted by Gasteiger charge is -2.31. The fourth-order valence-corrected chi connectivity index (χ4v) is 3.56. The third-order valence-electron chi connectivity index (χ3n) is 4.59. The highest BCUT2D eigenvalue weighted by Gasteiger charge is 2.39. The van der Waals surface area contributed by atoms with E-state index in [9.17, 15) is 4.79 Å². The lowest BCUT2D eigenvalue weighted by atomic mass is 9.85. The molecule has 3 rings (SSSR count). The average molecular weight is 262 g/mol. The van der Waals surface area contributed by atoms with E-state index in [1.54, 1.807) is 10.9 Å². The molecular weight excluding hydrogens is 240 g/mol. The smallest absolute Gasteiger partial charge is 0.276 e. The van der Waals surface area contributed by atoms with Crippen LogP contribution in [0.3, 0.4) is 0 Å². The van der Waals surface area contributed by atoms with E-state index < -0.39 is 0 Å². The van der Waals surface area contributed by atoms with Crippen molar-refractivity contribution < 1.29 is 4.79 Å². The average Bonchev–Trinajstić information content (AvgIpc) is 3.01. The van der Waals surface area contributed by atoms with Crippen molar-refractivity contribution in [3.8, 4) is 0 Å². The van der Waals surface area contributed by atoms with Gasteiger partial charge < -0.3 is 10.6 Å². The number of anilines is 1. The topological polar surface area (TPSA) is 64.2 Å². The first-order valence-electron chi connectivity index (χ1n) is 7.34. The zero-order valence-corrected chi connectivity index (χ0v) is 11.5. The van der Waals surface area contributed by atoms with Crippen molar-refractivity contribution in [3.05, 3.63) is 11.9 Å². The van der Waals surface area contributed by atoms with Gasteiger partial charge in [0, 0.05) is 25.3 Å². The molecule has 2 fully saturated rings. The maximum absolute atomic E-state index is 12.6. The molecule has 104 valence electrons. The minimum atomic E-state index is 0.0269. The molecule has 1 aromatic rings. The number of hydrogen-bond acceptors (Lipinski definition) is 3. The molecule has 0 radical (unpaired) electrons. The molecule has 2 unspecified atom stereocenters. The van der Waals surface area contributed by atoms with Crippen molar-refractivity contribution in [3.63, 3.8) is 0 Å². The molecule has 1 aromatic heterocycles. The highest BCUT2D eigenvalue weighted by molar-refractivity contribution is 5.97. The zero-order valence-electron chi connectivity index (χ0n) is 11.5. The Hall–Kier alpha value is -1.52. The Balaban J connectivity index is 1.81. The van der Waals surface area contributed by atoms with E-state index in [0.29, 0.717) is 23.3 Å². The van der Waals surface area contributed by atoms with Gasteiger partial charge in [0.1, 0.15) is 0 Å². The van der Waals surface area contributed by atoms with Crippen molar-refractivity contribution in [1.29, 1.82) is 0 Å². The van der Waals surface area contributed by atoms with Gasteiger partial charge in [-0.1, -0.05) is 12.8 Å². The van der Waals surface area contributed by atoms with Gasteiger partial charge in [-0.15, -0.1) is 0 Å². The molecule has 2 atom stereocenters. The molecular formula is C14H22N4O. The predicted octanol–water partition coefficient (Wildman–Crippen LogP) is 1.89. The van der Waals surface area contributed by atoms with E-state index >= 15 is 0 Å². The summed E-state index contributed by atoms with van der Waals surface area (Å²) in [7, 11) is 0. The summed E-state index contributed by atoms with van der Waals surface area (Å²) < 4.78 is 1.73. The standard InChI is InChI=1S/C14H22N4O/c1-2-17-9-11(15)13(16-17)14(19)18-8-7-10-5-3-4-6-12(10)18/h9-10,12H,2-8,15H2,1H3. The molecule has 1 aliphatic heterocycles. The summed E-state index contributed by atoms with van der Waals surface area (Å²) in [6.07, 6.45) is 7.87. The molecule has 5 heteroatoms. The van der Waals surface area contributed by atoms with Crippen molar-refractivity contribution >= 4 is 11.6 Å². The number of carbonyl (C=O) groups is 1. The van der Waals surface area contributed by atoms with Crippen LogP contribution >= 0.6 is 0 Å². The second-order valence-electron chi connectivity index (χ2n) is 5.69. The lowest BCUT2D eigenvalue weighted by Crippen LogP contribution is -2.39. The fourth-order valence-electron chi connectivity index (χ4n) is 3.56. The lowest BCUT2D eigenvalue weighted by molar-refractivity contribution is 0.0684. The highest BCUT2D eigenvalue weighted by Crippen LogP contribution is 2.37. The van der Waals surface area contributed by atoms with Gasteiger partial charge in [-0.3, -0.25) is 9.48 Å². The number of aryl methyl sites for hydroxylation is 1. The number of fused-ring (bicyclic) bond motifs is 1. The van der Waals surface area contributed by atoms with Crippen molar-refractivity contribution in [2.24, 2.45) is 5.92 Å². The molecule has 0 aromatic carbocycles. The summed E-state index contributed by atoms with van der Waals surface area (Å²) >= 11 is 0. The number of nitrogen functional groups attached to an aromatic ring is 1. The van der Waals surface area contributed by atoms with Crippen molar-refractivity contribution in [2.75, 3.05) is 12.3 Å². The Labute approximate surface area is 113 Å². The van der Waals surface area contributed by atoms with Crippen LogP contribution in [0, 0.1) is 5.92 Å². The first-order chi connectivity index (χ1) is 9.20. The monoisotopic (exact) mass is 262 g/mol. The summed E-state index contributed by atoms with van der Waals surface area (Å²) in [5, 5.41) is 4.31. The zero-order chi connectivity index (χ0) is 13.4. The Kier molecular flexibility index (Phi) is 3.21. The van der Waals surface area contributed by atoms with Crippen molar-refractivity contribution in [2.45, 2.75) is 51.6 Å². The van der Waals surface area contributed by atoms with Crippen LogP contribution in [0.1, 0.15) is 49.5 Å². The highest BCUT2D eigenvalue weighted by atomic mass is 16.2. The van der Waals surface area contributed by atoms with E-state index in [1.807, 2.05) is 11.8 Å². The second-order valence-corrected chi connectivity index (χ2v) is 5.69. The van der Waals surface area contributed by atoms with Gasteiger partial charge in [-0.2, -0.15) is 5.10 Å². The van der Waals surface area contributed by atoms with E-state index in [0.717, 1.165) is 25.9 Å². The van der Waals surface area contributed by atoms with E-state index in [-0.39, 0.29) is 5.91 Å². The van der Waals surface area contributed by atoms with E-state index in [1.165, 1.54) is 19.3 Å². The second kappa shape index (κ2) is 4.87. The maximum atomic E-state index is 12.6. The first-order valence-corrected chi connectivity index (χ1v) is 7.34. The molecule has 2 aliphatic rings. The third-order valence-corrected chi connectivity index (χ3v) is 4.59. The van der Waals surface area contributed by atoms with Gasteiger partial charge in [-0.05, 0) is 32.1 Å². The van der Waals surface area contributed by atoms with Crippen LogP contribution in [0.25, 0.3) is 0 Å². The number of nitrogens with zero attached hydrogens (tertiary/aromatic N) is 3. The number of hydrogen-bond donors (Lipinski definition) is 1. The molecule has 0 spiro atoms. The molecule has 1 saturated heterocycles. The van der Waals surface area contributed by atoms with Gasteiger partial charge in [0.05, 0.1) is 5.69 Å². The number of carbonyl (C=O) groups excluding carboxylic acids is 1. The molecule has 2 N–H and O–H groups in total. The molecule has 19 heavy (non-hydrogen) atoms. The molecule has 1 aliphatic carbocycles. The third kappa shape index (κ3) is 2.11. The minimum absolute atomic E-state index is 0.0269. The van der Waals surface area contributed by atoms with Gasteiger partial charge in [0.25, 0.3) is 5.91 Å². The summed E-state index contributed by atoms with van der Waals surface area (Å²) in [4.78, 5) is 14.6. The summed E-state index contributed by atoms with van der Waals surface area (Å²) in [5.74, 6) is 0.728. The number of likely N-dealkylation sites (tertiary alicyclic amines) is 1. The predicted molar refractivity (Wildman–Crippen MR) is 73.7 cm³/mol. The van der Waals surface area contributed by atoms with Gasteiger partial charge in [0.15, 0.2) is 5.69 Å². The number of amides is 1. The van der Waals surface area contributed by atoms with Crippen LogP contribution in [-0.2, 0) is 6.54 Å². The Morgan fingerprint density at radius 1 is 1.42 bits per heavy atom. The fraction of sp³-hybridized carbons (Fsp3) is 0.714. The van der Waals surface area contributed by atoms with Crippen LogP contribution in [0.5, 0.6) is 0 Å². The van der Waals surface area contributed by atoms with Crippen LogP contribution in [0.2, 0.25) is 0 Å². The molecule has 1 saturated carbocycles. The number of nitrogens with two attached hydrogens (primary N) is 1. The van der Waals surface area contributed by atoms with Crippen LogP contribution in [-0.4, -0.2) is 33.2 Å². The Morgan fingerprint density at radius 3 is 2.95 bits per heavy atom. The Morgan fingerprint density at radius 2 is 2.21 bits per heavy atom. The molecule has 2 heterocycles. The minimum Gasteiger partial charge on any atom is -0.396 e. The maximum Gasteiger partial charge on any atom is 0.276 e. The van der Waals surface area contributed by atoms with Crippen LogP contribution < -0.4 is 5.73 Å². The summed E-state index contributed by atoms with van der Waals surface area (Å²) in [6.45, 7) is 3.60. The van der Waals surface area contributed by atoms with Crippen LogP contribution in [0.4, 0.5) is 5.69 Å². The first kappa shape index (κ1) is 12.5. The van der Waals surface area contributed by atoms with E-state index in [2.05, 4.69) is 5.10 Å². The van der Waals surface area contributed by atoms with Crippen molar-refractivity contribution in [1.82, 2.24) is 14.7 Å². The molecule has 0 bridgehead atoms. The van der Waals surface area contributed by atoms with E-state index in [4.69, 9.17) is 5.73 Å². The van der Waals surface area contributed by atoms with Crippen LogP contribution in [0.15, 0.2) is 6.20 Å². The number of rotatable bonds is 2. The number of aromatic nitrogens is 2.